The van der Waals surface area contributed by atoms with E-state index in [1.165, 1.54) is 60.7 Å². The first-order valence-electron chi connectivity index (χ1n) is 37.4. The Morgan fingerprint density at radius 3 is 0.964 bits per heavy atom. The van der Waals surface area contributed by atoms with Crippen LogP contribution in [0, 0.1) is 0 Å². The van der Waals surface area contributed by atoms with Crippen molar-refractivity contribution in [2.24, 2.45) is 0 Å². The Kier molecular flexibility index (Phi) is 26.9. The van der Waals surface area contributed by atoms with E-state index in [-0.39, 0.29) is 59.8 Å². The Labute approximate surface area is 649 Å². The van der Waals surface area contributed by atoms with Gasteiger partial charge in [0.25, 0.3) is 0 Å². The maximum absolute atomic E-state index is 15.1. The quantitative estimate of drug-likeness (QED) is 0.0251. The lowest BCUT2D eigenvalue weighted by atomic mass is 9.96. The van der Waals surface area contributed by atoms with Crippen molar-refractivity contribution < 1.29 is 104 Å². The molecule has 8 aromatic rings. The van der Waals surface area contributed by atoms with E-state index in [9.17, 15) is 14.4 Å². The molecule has 4 fully saturated rings. The van der Waals surface area contributed by atoms with E-state index in [4.69, 9.17) is 75.2 Å². The second kappa shape index (κ2) is 36.8. The molecule has 4 saturated heterocycles. The lowest BCUT2D eigenvalue weighted by Gasteiger charge is -2.58. The molecule has 0 amide bonds. The zero-order chi connectivity index (χ0) is 78.3. The molecular weight excluding hydrogens is 1450 g/mol. The summed E-state index contributed by atoms with van der Waals surface area (Å²) in [6.45, 7) is 18.1. The van der Waals surface area contributed by atoms with Gasteiger partial charge < -0.3 is 75.2 Å². The molecule has 0 spiro atoms. The van der Waals surface area contributed by atoms with Gasteiger partial charge in [-0.25, -0.2) is 28.8 Å². The Morgan fingerprint density at radius 2 is 0.640 bits per heavy atom. The smallest absolute Gasteiger partial charge is 0.349 e. The molecule has 0 aliphatic carbocycles. The molecule has 0 saturated carbocycles. The average Bonchev–Trinajstić information content (AvgIpc) is 0.726. The number of esters is 6. The third-order valence-corrected chi connectivity index (χ3v) is 26.4. The number of fused-ring (bicyclic) bond motifs is 1. The first kappa shape index (κ1) is 81.1. The molecule has 4 heterocycles. The van der Waals surface area contributed by atoms with Crippen molar-refractivity contribution in [1.29, 1.82) is 0 Å². The minimum absolute atomic E-state index is 0.0473. The molecule has 4 aliphatic heterocycles. The summed E-state index contributed by atoms with van der Waals surface area (Å²) in [6, 6.07) is 68.1. The number of hydrogen-bond donors (Lipinski definition) is 0. The lowest BCUT2D eigenvalue weighted by molar-refractivity contribution is -0.348. The first-order chi connectivity index (χ1) is 53.4. The summed E-state index contributed by atoms with van der Waals surface area (Å²) in [5, 5.41) is -0.942. The Bertz CT molecular complexity index is 4310. The average molecular weight is 1550 g/mol. The maximum Gasteiger partial charge on any atom is 0.349 e. The molecule has 4 aliphatic rings. The predicted molar refractivity (Wildman–Crippen MR) is 412 cm³/mol. The number of ether oxygens (including phenoxy) is 14. The molecular formula is C87H96O22Si2. The largest absolute Gasteiger partial charge is 0.452 e. The first-order valence-corrected chi connectivity index (χ1v) is 42.9. The lowest BCUT2D eigenvalue weighted by Crippen LogP contribution is -2.72. The number of hydrogen-bond acceptors (Lipinski definition) is 22. The van der Waals surface area contributed by atoms with Crippen LogP contribution in [0.2, 0.25) is 35.8 Å². The zero-order valence-corrected chi connectivity index (χ0v) is 65.7. The van der Waals surface area contributed by atoms with E-state index in [1.807, 2.05) is 60.7 Å². The van der Waals surface area contributed by atoms with Crippen LogP contribution in [0.25, 0.3) is 0 Å². The van der Waals surface area contributed by atoms with Crippen molar-refractivity contribution in [3.63, 3.8) is 0 Å². The van der Waals surface area contributed by atoms with Crippen LogP contribution in [0.4, 0.5) is 0 Å². The van der Waals surface area contributed by atoms with Crippen LogP contribution >= 0.6 is 0 Å². The number of benzene rings is 8. The number of carbonyl (C=O) groups excluding carboxylic acids is 6. The van der Waals surface area contributed by atoms with Gasteiger partial charge in [0.2, 0.25) is 0 Å². The molecule has 0 N–H and O–H groups in total. The normalized spacial score (nSPS) is 25.2. The molecule has 0 unspecified atom stereocenters. The summed E-state index contributed by atoms with van der Waals surface area (Å²) in [5.41, 5.74) is 2.17. The Morgan fingerprint density at radius 1 is 0.351 bits per heavy atom. The highest BCUT2D eigenvalue weighted by Crippen LogP contribution is 2.56. The van der Waals surface area contributed by atoms with Crippen molar-refractivity contribution in [2.45, 2.75) is 183 Å². The van der Waals surface area contributed by atoms with Crippen molar-refractivity contribution in [3.8, 4) is 0 Å². The molecule has 0 bridgehead atoms. The van der Waals surface area contributed by atoms with Crippen molar-refractivity contribution in [1.82, 2.24) is 0 Å². The summed E-state index contributed by atoms with van der Waals surface area (Å²) in [6.07, 6.45) is -22.4. The zero-order valence-electron chi connectivity index (χ0n) is 63.7. The fraction of sp³-hybridized carbons (Fsp3) is 0.379. The predicted octanol–water partition coefficient (Wildman–Crippen LogP) is 14.5. The number of rotatable bonds is 28. The van der Waals surface area contributed by atoms with E-state index in [1.54, 1.807) is 121 Å². The Balaban J connectivity index is 0.984. The highest BCUT2D eigenvalue weighted by atomic mass is 28.4. The fourth-order valence-corrected chi connectivity index (χ4v) is 19.8. The van der Waals surface area contributed by atoms with Gasteiger partial charge in [-0.1, -0.05) is 231 Å². The van der Waals surface area contributed by atoms with Gasteiger partial charge in [-0.05, 0) is 90.0 Å². The topological polar surface area (TPSA) is 250 Å². The van der Waals surface area contributed by atoms with Crippen molar-refractivity contribution in [2.75, 3.05) is 26.4 Å². The summed E-state index contributed by atoms with van der Waals surface area (Å²) in [5.74, 6) is -5.47. The summed E-state index contributed by atoms with van der Waals surface area (Å²) >= 11 is 0. The van der Waals surface area contributed by atoms with Gasteiger partial charge in [-0.3, -0.25) is 0 Å². The molecule has 24 heteroatoms. The molecule has 8 aromatic carbocycles. The molecule has 22 nitrogen and oxygen atoms in total. The monoisotopic (exact) mass is 1550 g/mol. The maximum atomic E-state index is 15.1. The summed E-state index contributed by atoms with van der Waals surface area (Å²) < 4.78 is 110. The fourth-order valence-electron chi connectivity index (χ4n) is 14.1. The van der Waals surface area contributed by atoms with E-state index in [2.05, 4.69) is 61.2 Å². The molecule has 111 heavy (non-hydrogen) atoms. The van der Waals surface area contributed by atoms with Crippen LogP contribution in [0.3, 0.4) is 0 Å². The third-order valence-electron chi connectivity index (χ3n) is 19.6. The van der Waals surface area contributed by atoms with Crippen LogP contribution < -0.4 is 0 Å². The van der Waals surface area contributed by atoms with E-state index < -0.39 is 168 Å². The molecule has 12 rings (SSSR count). The van der Waals surface area contributed by atoms with E-state index in [0.29, 0.717) is 6.04 Å². The van der Waals surface area contributed by atoms with Crippen LogP contribution in [0.1, 0.15) is 115 Å². The second-order valence-corrected chi connectivity index (χ2v) is 41.3. The minimum atomic E-state index is -3.29. The molecule has 0 radical (unpaired) electrons. The van der Waals surface area contributed by atoms with Crippen LogP contribution in [0.15, 0.2) is 243 Å². The van der Waals surface area contributed by atoms with Gasteiger partial charge in [0.15, 0.2) is 55.5 Å². The highest BCUT2D eigenvalue weighted by Gasteiger charge is 2.66. The van der Waals surface area contributed by atoms with Gasteiger partial charge in [0, 0.05) is 24.8 Å². The van der Waals surface area contributed by atoms with Crippen molar-refractivity contribution >= 4 is 52.5 Å². The SMILES string of the molecule is CC(C)(C)[Si]1(C(C)(C)C)OC[C@H]2O[C@H](OC[C@H]3O[C@@H](OC[C@H]4O[C@@H](OCC[Si](C)(C)C)[C@H](OC(=O)c5ccccc5)[C@@H](OC(=O)c5ccccc5)[C@H]4OC(=O)c4ccccc4)[C@H](OC(=O)c4ccccc4)[C@@H](OC(=O)c4ccccc4)[C@H]3OC(=O)c3ccccc3)[C@H](OCc3ccccc3)[C@@H](OCc3ccccc3)[C@H]2O1. The molecule has 15 atom stereocenters. The summed E-state index contributed by atoms with van der Waals surface area (Å²) in [7, 11) is -5.20. The van der Waals surface area contributed by atoms with E-state index in [0.717, 1.165) is 11.1 Å². The second-order valence-electron chi connectivity index (χ2n) is 30.9. The van der Waals surface area contributed by atoms with E-state index >= 15 is 14.4 Å². The highest BCUT2D eigenvalue weighted by molar-refractivity contribution is 6.76. The minimum Gasteiger partial charge on any atom is -0.452 e. The third kappa shape index (κ3) is 20.5. The van der Waals surface area contributed by atoms with Gasteiger partial charge >= 0.3 is 44.4 Å². The van der Waals surface area contributed by atoms with Crippen molar-refractivity contribution in [3.05, 3.63) is 287 Å². The molecule has 0 aromatic heterocycles. The van der Waals surface area contributed by atoms with Crippen LogP contribution in [0.5, 0.6) is 0 Å². The molecule has 584 valence electrons. The summed E-state index contributed by atoms with van der Waals surface area (Å²) in [4.78, 5) is 89.3. The Hall–Kier alpha value is -9.39. The number of carbonyl (C=O) groups is 6. The van der Waals surface area contributed by atoms with Gasteiger partial charge in [0.05, 0.1) is 66.4 Å². The van der Waals surface area contributed by atoms with Gasteiger partial charge in [-0.15, -0.1) is 0 Å². The van der Waals surface area contributed by atoms with Gasteiger partial charge in [-0.2, -0.15) is 0 Å². The van der Waals surface area contributed by atoms with Crippen LogP contribution in [-0.2, 0) is 88.4 Å². The standard InChI is InChI=1S/C87H96O22Si2/c1-86(2,3)111(87(4,5)6)99-56-67-70(109-111)71(95-52-57-34-18-10-19-35-57)74(96-53-58-36-20-11-21-37-58)83(102-67)97-54-66-69(104-78(89)60-40-24-13-25-41-60)73(106-80(91)62-44-28-15-29-45-62)76(108-82(93)64-48-32-17-33-49-64)85(101-66)98-55-65-68(103-77(88)59-38-22-12-23-39-59)72(105-79(90)61-42-26-14-27-43-61)75(84(100-65)94-50-51-110(7,8)9)107-81(92)63-46-30-16-31-47-63/h10-49,65-76,83-85H,50-56H2,1-9H3/t65-,66-,67-,68+,69+,70+,71+,72+,73+,74-,75-,76-,83+,84-,85-/m1/s1. The van der Waals surface area contributed by atoms with Gasteiger partial charge in [0.1, 0.15) is 36.6 Å². The van der Waals surface area contributed by atoms with Crippen LogP contribution in [-0.4, -0.2) is 171 Å².